The van der Waals surface area contributed by atoms with Crippen molar-refractivity contribution in [3.8, 4) is 5.75 Å². The Morgan fingerprint density at radius 2 is 2.11 bits per heavy atom. The summed E-state index contributed by atoms with van der Waals surface area (Å²) in [5.41, 5.74) is 0.0893. The van der Waals surface area contributed by atoms with Crippen LogP contribution in [0.4, 0.5) is 0 Å². The van der Waals surface area contributed by atoms with Crippen molar-refractivity contribution in [2.24, 2.45) is 5.92 Å². The van der Waals surface area contributed by atoms with Crippen LogP contribution in [-0.2, 0) is 0 Å². The van der Waals surface area contributed by atoms with E-state index in [4.69, 9.17) is 4.74 Å². The Balaban J connectivity index is 2.00. The van der Waals surface area contributed by atoms with E-state index in [-0.39, 0.29) is 12.5 Å². The summed E-state index contributed by atoms with van der Waals surface area (Å²) in [4.78, 5) is 8.01. The molecule has 3 atom stereocenters. The van der Waals surface area contributed by atoms with Crippen molar-refractivity contribution in [1.82, 2.24) is 9.97 Å². The summed E-state index contributed by atoms with van der Waals surface area (Å²) in [6.07, 6.45) is 2.76. The predicted molar refractivity (Wildman–Crippen MR) is 104 cm³/mol. The summed E-state index contributed by atoms with van der Waals surface area (Å²) >= 11 is 0. The summed E-state index contributed by atoms with van der Waals surface area (Å²) < 4.78 is 5.53. The third-order valence-electron chi connectivity index (χ3n) is 6.10. The fourth-order valence-corrected chi connectivity index (χ4v) is 4.76. The van der Waals surface area contributed by atoms with Crippen LogP contribution in [0, 0.1) is 5.92 Å². The second kappa shape index (κ2) is 6.19. The maximum Gasteiger partial charge on any atom is 0.128 e. The molecule has 1 aliphatic carbocycles. The molecule has 0 spiro atoms. The lowest BCUT2D eigenvalue weighted by atomic mass is 9.76. The van der Waals surface area contributed by atoms with Gasteiger partial charge in [-0.25, -0.2) is 0 Å². The molecule has 2 heterocycles. The number of hydrogen-bond acceptors (Lipinski definition) is 5. The lowest BCUT2D eigenvalue weighted by Crippen LogP contribution is -2.43. The Morgan fingerprint density at radius 1 is 1.33 bits per heavy atom. The van der Waals surface area contributed by atoms with Gasteiger partial charge in [-0.05, 0) is 50.8 Å². The van der Waals surface area contributed by atoms with Gasteiger partial charge in [0.05, 0.1) is 41.6 Å². The minimum absolute atomic E-state index is 0.221. The number of hydrogen-bond donors (Lipinski definition) is 4. The molecule has 3 aromatic rings. The highest BCUT2D eigenvalue weighted by Gasteiger charge is 2.53. The Labute approximate surface area is 157 Å². The van der Waals surface area contributed by atoms with Crippen molar-refractivity contribution in [1.29, 1.82) is 0 Å². The van der Waals surface area contributed by atoms with Gasteiger partial charge in [0, 0.05) is 22.9 Å². The number of fused-ring (bicyclic) bond motifs is 3. The molecule has 0 saturated heterocycles. The van der Waals surface area contributed by atoms with Crippen LogP contribution < -0.4 is 4.74 Å². The van der Waals surface area contributed by atoms with Gasteiger partial charge in [0.2, 0.25) is 0 Å². The zero-order valence-electron chi connectivity index (χ0n) is 15.9. The lowest BCUT2D eigenvalue weighted by Gasteiger charge is -2.36. The van der Waals surface area contributed by atoms with Gasteiger partial charge in [0.15, 0.2) is 0 Å². The normalized spacial score (nSPS) is 26.1. The highest BCUT2D eigenvalue weighted by atomic mass is 16.5. The Bertz CT molecular complexity index is 991. The predicted octanol–water partition coefficient (Wildman–Crippen LogP) is 2.71. The van der Waals surface area contributed by atoms with Crippen molar-refractivity contribution in [2.45, 2.75) is 43.8 Å². The SMILES string of the molecule is COc1cccc2[nH]c3c([C@H]4[C@H](C(C)(C)O)CC[C@@]4(O)CO)nccc3c12. The van der Waals surface area contributed by atoms with E-state index in [1.54, 1.807) is 27.2 Å². The standard InChI is InChI=1S/C21H26N2O4/c1-20(2,25)13-7-9-21(26,11-24)17(13)19-18-12(8-10-22-19)16-14(23-18)5-4-6-15(16)27-3/h4-6,8,10,13,17,23-26H,7,9,11H2,1-3H3/t13-,17-,21-/m1/s1. The van der Waals surface area contributed by atoms with Crippen LogP contribution in [0.2, 0.25) is 0 Å². The second-order valence-electron chi connectivity index (χ2n) is 8.16. The van der Waals surface area contributed by atoms with Gasteiger partial charge in [0.25, 0.3) is 0 Å². The minimum Gasteiger partial charge on any atom is -0.496 e. The first kappa shape index (κ1) is 18.2. The Hall–Kier alpha value is -2.15. The zero-order chi connectivity index (χ0) is 19.4. The molecule has 4 N–H and O–H groups in total. The molecule has 0 amide bonds. The van der Waals surface area contributed by atoms with Crippen molar-refractivity contribution < 1.29 is 20.1 Å². The second-order valence-corrected chi connectivity index (χ2v) is 8.16. The molecule has 144 valence electrons. The number of ether oxygens (including phenoxy) is 1. The Kier molecular flexibility index (Phi) is 4.18. The van der Waals surface area contributed by atoms with Crippen LogP contribution in [0.3, 0.4) is 0 Å². The van der Waals surface area contributed by atoms with Crippen LogP contribution in [0.1, 0.15) is 38.3 Å². The molecule has 4 rings (SSSR count). The molecule has 2 aromatic heterocycles. The van der Waals surface area contributed by atoms with Gasteiger partial charge < -0.3 is 25.0 Å². The van der Waals surface area contributed by atoms with E-state index in [0.29, 0.717) is 18.5 Å². The number of benzene rings is 1. The van der Waals surface area contributed by atoms with Crippen molar-refractivity contribution in [3.05, 3.63) is 36.2 Å². The molecule has 0 aliphatic heterocycles. The third kappa shape index (κ3) is 2.71. The van der Waals surface area contributed by atoms with E-state index in [9.17, 15) is 15.3 Å². The maximum absolute atomic E-state index is 11.1. The number of H-pyrrole nitrogens is 1. The topological polar surface area (TPSA) is 98.6 Å². The minimum atomic E-state index is -1.31. The van der Waals surface area contributed by atoms with Crippen LogP contribution in [0.15, 0.2) is 30.5 Å². The number of rotatable bonds is 4. The van der Waals surface area contributed by atoms with E-state index < -0.39 is 17.1 Å². The van der Waals surface area contributed by atoms with Gasteiger partial charge >= 0.3 is 0 Å². The number of aromatic amines is 1. The summed E-state index contributed by atoms with van der Waals surface area (Å²) in [6.45, 7) is 3.14. The van der Waals surface area contributed by atoms with Crippen molar-refractivity contribution >= 4 is 21.8 Å². The van der Waals surface area contributed by atoms with Crippen LogP contribution in [0.5, 0.6) is 5.75 Å². The summed E-state index contributed by atoms with van der Waals surface area (Å²) in [6, 6.07) is 7.73. The molecular formula is C21H26N2O4. The quantitative estimate of drug-likeness (QED) is 0.566. The van der Waals surface area contributed by atoms with E-state index in [0.717, 1.165) is 27.6 Å². The molecule has 6 heteroatoms. The average Bonchev–Trinajstić information content (AvgIpc) is 3.19. The van der Waals surface area contributed by atoms with Gasteiger partial charge in [-0.3, -0.25) is 4.98 Å². The number of pyridine rings is 1. The summed E-state index contributed by atoms with van der Waals surface area (Å²) in [7, 11) is 1.64. The number of nitrogens with one attached hydrogen (secondary N) is 1. The number of methoxy groups -OCH3 is 1. The highest BCUT2D eigenvalue weighted by molar-refractivity contribution is 6.11. The number of nitrogens with zero attached hydrogens (tertiary/aromatic N) is 1. The molecule has 0 bridgehead atoms. The molecule has 0 radical (unpaired) electrons. The first-order valence-corrected chi connectivity index (χ1v) is 9.29. The number of aliphatic hydroxyl groups is 3. The summed E-state index contributed by atoms with van der Waals surface area (Å²) in [5, 5.41) is 33.7. The number of aliphatic hydroxyl groups excluding tert-OH is 1. The van der Waals surface area contributed by atoms with E-state index in [2.05, 4.69) is 9.97 Å². The maximum atomic E-state index is 11.1. The lowest BCUT2D eigenvalue weighted by molar-refractivity contribution is -0.0522. The monoisotopic (exact) mass is 370 g/mol. The molecule has 6 nitrogen and oxygen atoms in total. The molecule has 1 saturated carbocycles. The van der Waals surface area contributed by atoms with Gasteiger partial charge in [-0.1, -0.05) is 6.07 Å². The van der Waals surface area contributed by atoms with Gasteiger partial charge in [0.1, 0.15) is 5.75 Å². The van der Waals surface area contributed by atoms with Crippen molar-refractivity contribution in [2.75, 3.05) is 13.7 Å². The van der Waals surface area contributed by atoms with Crippen LogP contribution in [0.25, 0.3) is 21.8 Å². The van der Waals surface area contributed by atoms with Crippen LogP contribution in [-0.4, -0.2) is 50.2 Å². The largest absolute Gasteiger partial charge is 0.496 e. The molecule has 0 unspecified atom stereocenters. The first-order chi connectivity index (χ1) is 12.8. The van der Waals surface area contributed by atoms with E-state index in [1.165, 1.54) is 0 Å². The smallest absolute Gasteiger partial charge is 0.128 e. The fraction of sp³-hybridized carbons (Fsp3) is 0.476. The molecule has 1 aliphatic rings. The molecule has 1 aromatic carbocycles. The van der Waals surface area contributed by atoms with E-state index >= 15 is 0 Å². The summed E-state index contributed by atoms with van der Waals surface area (Å²) in [5.74, 6) is 0.0603. The average molecular weight is 370 g/mol. The number of aromatic nitrogens is 2. The Morgan fingerprint density at radius 3 is 2.78 bits per heavy atom. The highest BCUT2D eigenvalue weighted by Crippen LogP contribution is 2.52. The zero-order valence-corrected chi connectivity index (χ0v) is 15.9. The van der Waals surface area contributed by atoms with E-state index in [1.807, 2.05) is 24.3 Å². The molecule has 27 heavy (non-hydrogen) atoms. The van der Waals surface area contributed by atoms with Crippen LogP contribution >= 0.6 is 0 Å². The molecule has 1 fully saturated rings. The van der Waals surface area contributed by atoms with Gasteiger partial charge in [-0.2, -0.15) is 0 Å². The van der Waals surface area contributed by atoms with Gasteiger partial charge in [-0.15, -0.1) is 0 Å². The fourth-order valence-electron chi connectivity index (χ4n) is 4.76. The molecular weight excluding hydrogens is 344 g/mol. The third-order valence-corrected chi connectivity index (χ3v) is 6.10. The first-order valence-electron chi connectivity index (χ1n) is 9.29. The van der Waals surface area contributed by atoms with Crippen molar-refractivity contribution in [3.63, 3.8) is 0 Å².